The molecule has 1 fully saturated rings. The highest BCUT2D eigenvalue weighted by molar-refractivity contribution is 9.10. The molecule has 1 aliphatic carbocycles. The number of carbonyl (C=O) groups excluding carboxylic acids is 1. The quantitative estimate of drug-likeness (QED) is 0.509. The van der Waals surface area contributed by atoms with Crippen molar-refractivity contribution in [2.75, 3.05) is 6.54 Å². The van der Waals surface area contributed by atoms with Crippen molar-refractivity contribution >= 4 is 37.8 Å². The van der Waals surface area contributed by atoms with Gasteiger partial charge in [-0.05, 0) is 52.4 Å². The smallest absolute Gasteiger partial charge is 0.252 e. The maximum absolute atomic E-state index is 12.4. The van der Waals surface area contributed by atoms with E-state index < -0.39 is 0 Å². The summed E-state index contributed by atoms with van der Waals surface area (Å²) in [7, 11) is 0. The van der Waals surface area contributed by atoms with Crippen LogP contribution in [0.4, 0.5) is 0 Å². The summed E-state index contributed by atoms with van der Waals surface area (Å²) in [6.45, 7) is 0.809. The molecule has 1 saturated carbocycles. The molecule has 1 amide bonds. The van der Waals surface area contributed by atoms with E-state index in [4.69, 9.17) is 0 Å². The van der Waals surface area contributed by atoms with Gasteiger partial charge < -0.3 is 5.32 Å². The Morgan fingerprint density at radius 2 is 1.70 bits per heavy atom. The summed E-state index contributed by atoms with van der Waals surface area (Å²) >= 11 is 6.91. The molecule has 0 spiro atoms. The van der Waals surface area contributed by atoms with Crippen LogP contribution >= 0.6 is 31.9 Å². The molecule has 0 atom stereocenters. The Kier molecular flexibility index (Phi) is 11.9. The first-order valence-electron chi connectivity index (χ1n) is 7.83. The number of hydrogen-bond acceptors (Lipinski definition) is 1. The minimum Gasteiger partial charge on any atom is -0.352 e. The van der Waals surface area contributed by atoms with E-state index in [0.29, 0.717) is 5.92 Å². The number of nitrogens with one attached hydrogen (secondary N) is 1. The van der Waals surface area contributed by atoms with E-state index in [-0.39, 0.29) is 20.8 Å². The lowest BCUT2D eigenvalue weighted by molar-refractivity contribution is 0.0944. The fourth-order valence-electron chi connectivity index (χ4n) is 2.91. The Bertz CT molecular complexity index is 468. The van der Waals surface area contributed by atoms with E-state index in [9.17, 15) is 4.79 Å². The molecule has 1 N–H and O–H groups in total. The van der Waals surface area contributed by atoms with Crippen molar-refractivity contribution < 1.29 is 4.79 Å². The third-order valence-corrected chi connectivity index (χ3v) is 5.54. The summed E-state index contributed by atoms with van der Waals surface area (Å²) in [5.74, 6) is 0.680. The largest absolute Gasteiger partial charge is 0.352 e. The van der Waals surface area contributed by atoms with Crippen LogP contribution in [0.25, 0.3) is 0 Å². The highest BCUT2D eigenvalue weighted by Gasteiger charge is 2.15. The zero-order valence-corrected chi connectivity index (χ0v) is 15.5. The van der Waals surface area contributed by atoms with Crippen LogP contribution in [0.5, 0.6) is 0 Å². The molecule has 0 saturated heterocycles. The fraction of sp³-hybridized carbons (Fsp3) is 0.632. The van der Waals surface area contributed by atoms with Gasteiger partial charge in [0, 0.05) is 16.3 Å². The van der Waals surface area contributed by atoms with Gasteiger partial charge in [-0.25, -0.2) is 0 Å². The molecule has 0 unspecified atom stereocenters. The van der Waals surface area contributed by atoms with Crippen molar-refractivity contribution in [2.24, 2.45) is 5.92 Å². The molecule has 0 bridgehead atoms. The van der Waals surface area contributed by atoms with E-state index >= 15 is 0 Å². The number of carbonyl (C=O) groups is 1. The molecular weight excluding hydrogens is 418 g/mol. The van der Waals surface area contributed by atoms with E-state index in [1.54, 1.807) is 0 Å². The van der Waals surface area contributed by atoms with Gasteiger partial charge in [-0.3, -0.25) is 4.79 Å². The van der Waals surface area contributed by atoms with Crippen LogP contribution in [0.1, 0.15) is 75.7 Å². The number of alkyl halides is 1. The minimum absolute atomic E-state index is 0. The van der Waals surface area contributed by atoms with Gasteiger partial charge in [0.25, 0.3) is 5.91 Å². The van der Waals surface area contributed by atoms with Crippen molar-refractivity contribution in [3.8, 4) is 0 Å². The van der Waals surface area contributed by atoms with Crippen molar-refractivity contribution in [1.82, 2.24) is 5.32 Å². The molecule has 2 rings (SSSR count). The first-order valence-corrected chi connectivity index (χ1v) is 9.74. The van der Waals surface area contributed by atoms with Crippen molar-refractivity contribution in [1.29, 1.82) is 0 Å². The Morgan fingerprint density at radius 3 is 2.30 bits per heavy atom. The standard InChI is InChI=1S/C17H23Br2NO.2CH4/c18-11-14-8-9-16(19)15(10-14)17(21)20-12-13-6-4-2-1-3-5-7-13;;/h8-10,13H,1-7,11-12H2,(H,20,21);2*1H4. The average molecular weight is 449 g/mol. The van der Waals surface area contributed by atoms with Crippen molar-refractivity contribution in [3.05, 3.63) is 33.8 Å². The highest BCUT2D eigenvalue weighted by atomic mass is 79.9. The van der Waals surface area contributed by atoms with Crippen LogP contribution in [0.3, 0.4) is 0 Å². The zero-order chi connectivity index (χ0) is 15.1. The number of rotatable bonds is 4. The van der Waals surface area contributed by atoms with Gasteiger partial charge >= 0.3 is 0 Å². The number of amides is 1. The molecular formula is C19H31Br2NO. The third kappa shape index (κ3) is 7.38. The maximum atomic E-state index is 12.4. The first-order chi connectivity index (χ1) is 10.2. The molecule has 2 nitrogen and oxygen atoms in total. The van der Waals surface area contributed by atoms with E-state index in [1.807, 2.05) is 18.2 Å². The molecule has 23 heavy (non-hydrogen) atoms. The molecule has 0 aromatic heterocycles. The van der Waals surface area contributed by atoms with Gasteiger partial charge in [-0.15, -0.1) is 0 Å². The minimum atomic E-state index is 0. The van der Waals surface area contributed by atoms with Gasteiger partial charge in [0.1, 0.15) is 0 Å². The SMILES string of the molecule is C.C.O=C(NCC1CCCCCCC1)c1cc(CBr)ccc1Br. The second kappa shape index (κ2) is 12.1. The van der Waals surface area contributed by atoms with Gasteiger partial charge in [0.05, 0.1) is 5.56 Å². The van der Waals surface area contributed by atoms with Crippen LogP contribution in [0, 0.1) is 5.92 Å². The van der Waals surface area contributed by atoms with Crippen LogP contribution in [0.2, 0.25) is 0 Å². The normalized spacial score (nSPS) is 15.6. The summed E-state index contributed by atoms with van der Waals surface area (Å²) in [6, 6.07) is 5.91. The zero-order valence-electron chi connectivity index (χ0n) is 12.3. The second-order valence-electron chi connectivity index (χ2n) is 5.87. The van der Waals surface area contributed by atoms with Gasteiger partial charge in [-0.2, -0.15) is 0 Å². The van der Waals surface area contributed by atoms with Crippen molar-refractivity contribution in [3.63, 3.8) is 0 Å². The molecule has 4 heteroatoms. The Balaban J connectivity index is 0.00000242. The summed E-state index contributed by atoms with van der Waals surface area (Å²) in [5.41, 5.74) is 1.85. The van der Waals surface area contributed by atoms with E-state index in [2.05, 4.69) is 37.2 Å². The molecule has 0 aliphatic heterocycles. The van der Waals surface area contributed by atoms with Crippen LogP contribution in [-0.2, 0) is 5.33 Å². The summed E-state index contributed by atoms with van der Waals surface area (Å²) in [5, 5.41) is 3.89. The Hall–Kier alpha value is -0.350. The lowest BCUT2D eigenvalue weighted by atomic mass is 9.91. The molecule has 0 heterocycles. The third-order valence-electron chi connectivity index (χ3n) is 4.21. The summed E-state index contributed by atoms with van der Waals surface area (Å²) in [4.78, 5) is 12.4. The Labute approximate surface area is 159 Å². The number of hydrogen-bond donors (Lipinski definition) is 1. The fourth-order valence-corrected chi connectivity index (χ4v) is 3.68. The first kappa shape index (κ1) is 22.6. The average Bonchev–Trinajstić information content (AvgIpc) is 2.46. The van der Waals surface area contributed by atoms with Crippen LogP contribution < -0.4 is 5.32 Å². The maximum Gasteiger partial charge on any atom is 0.252 e. The van der Waals surface area contributed by atoms with Gasteiger partial charge in [-0.1, -0.05) is 69.0 Å². The summed E-state index contributed by atoms with van der Waals surface area (Å²) in [6.07, 6.45) is 9.20. The molecule has 1 aliphatic rings. The molecule has 0 radical (unpaired) electrons. The number of benzene rings is 1. The van der Waals surface area contributed by atoms with E-state index in [1.165, 1.54) is 44.9 Å². The van der Waals surface area contributed by atoms with Gasteiger partial charge in [0.15, 0.2) is 0 Å². The lowest BCUT2D eigenvalue weighted by Crippen LogP contribution is -2.30. The van der Waals surface area contributed by atoms with Crippen molar-refractivity contribution in [2.45, 2.75) is 65.1 Å². The van der Waals surface area contributed by atoms with Crippen LogP contribution in [0.15, 0.2) is 22.7 Å². The monoisotopic (exact) mass is 447 g/mol. The number of halogens is 2. The topological polar surface area (TPSA) is 29.1 Å². The van der Waals surface area contributed by atoms with Gasteiger partial charge in [0.2, 0.25) is 0 Å². The van der Waals surface area contributed by atoms with E-state index in [0.717, 1.165) is 27.5 Å². The molecule has 1 aromatic carbocycles. The predicted molar refractivity (Wildman–Crippen MR) is 108 cm³/mol. The summed E-state index contributed by atoms with van der Waals surface area (Å²) < 4.78 is 0.863. The lowest BCUT2D eigenvalue weighted by Gasteiger charge is -2.20. The second-order valence-corrected chi connectivity index (χ2v) is 7.28. The predicted octanol–water partition coefficient (Wildman–Crippen LogP) is 6.71. The Morgan fingerprint density at radius 1 is 1.09 bits per heavy atom. The van der Waals surface area contributed by atoms with Crippen LogP contribution in [-0.4, -0.2) is 12.5 Å². The highest BCUT2D eigenvalue weighted by Crippen LogP contribution is 2.23. The molecule has 132 valence electrons. The molecule has 1 aromatic rings.